The zero-order valence-corrected chi connectivity index (χ0v) is 14.0. The Bertz CT molecular complexity index is 572. The van der Waals surface area contributed by atoms with Crippen molar-refractivity contribution in [1.82, 2.24) is 4.90 Å². The Labute approximate surface area is 138 Å². The summed E-state index contributed by atoms with van der Waals surface area (Å²) in [7, 11) is 1.79. The molecule has 4 nitrogen and oxygen atoms in total. The van der Waals surface area contributed by atoms with Crippen molar-refractivity contribution in [3.8, 4) is 0 Å². The third kappa shape index (κ3) is 3.74. The summed E-state index contributed by atoms with van der Waals surface area (Å²) < 4.78 is 0. The van der Waals surface area contributed by atoms with Crippen LogP contribution in [0, 0.1) is 5.92 Å². The number of amides is 2. The van der Waals surface area contributed by atoms with Gasteiger partial charge in [0.25, 0.3) is 5.91 Å². The van der Waals surface area contributed by atoms with Crippen LogP contribution in [-0.4, -0.2) is 36.9 Å². The molecule has 3 rings (SSSR count). The predicted molar refractivity (Wildman–Crippen MR) is 91.6 cm³/mol. The monoisotopic (exact) mass is 314 g/mol. The Morgan fingerprint density at radius 3 is 2.26 bits per heavy atom. The van der Waals surface area contributed by atoms with E-state index < -0.39 is 0 Å². The van der Waals surface area contributed by atoms with Crippen molar-refractivity contribution < 1.29 is 9.59 Å². The number of nitrogens with zero attached hydrogens (tertiary/aromatic N) is 2. The maximum Gasteiger partial charge on any atom is 0.255 e. The molecule has 0 aromatic heterocycles. The number of hydrogen-bond donors (Lipinski definition) is 0. The van der Waals surface area contributed by atoms with Crippen molar-refractivity contribution in [2.75, 3.05) is 25.0 Å². The molecule has 0 radical (unpaired) electrons. The Balaban J connectivity index is 1.80. The van der Waals surface area contributed by atoms with E-state index in [4.69, 9.17) is 0 Å². The van der Waals surface area contributed by atoms with Gasteiger partial charge in [-0.1, -0.05) is 31.4 Å². The summed E-state index contributed by atoms with van der Waals surface area (Å²) in [5.41, 5.74) is 1.40. The first kappa shape index (κ1) is 16.0. The fraction of sp³-hybridized carbons (Fsp3) is 0.579. The number of benzene rings is 1. The van der Waals surface area contributed by atoms with Crippen LogP contribution in [0.2, 0.25) is 0 Å². The predicted octanol–water partition coefficient (Wildman–Crippen LogP) is 3.47. The summed E-state index contributed by atoms with van der Waals surface area (Å²) in [6, 6.07) is 7.52. The van der Waals surface area contributed by atoms with Crippen molar-refractivity contribution >= 4 is 17.5 Å². The molecule has 2 amide bonds. The molecule has 1 aliphatic heterocycles. The third-order valence-electron chi connectivity index (χ3n) is 4.90. The number of likely N-dealkylation sites (tertiary alicyclic amines) is 1. The van der Waals surface area contributed by atoms with Crippen molar-refractivity contribution in [3.05, 3.63) is 29.8 Å². The SMILES string of the molecule is CN(C(=O)C1CC1)c1ccccc1C(=O)N1CCCCCCC1. The van der Waals surface area contributed by atoms with E-state index in [0.29, 0.717) is 5.56 Å². The molecule has 124 valence electrons. The van der Waals surface area contributed by atoms with Gasteiger partial charge in [0.05, 0.1) is 11.3 Å². The summed E-state index contributed by atoms with van der Waals surface area (Å²) in [6.45, 7) is 1.65. The number of rotatable bonds is 3. The van der Waals surface area contributed by atoms with E-state index in [0.717, 1.165) is 44.5 Å². The average molecular weight is 314 g/mol. The van der Waals surface area contributed by atoms with Gasteiger partial charge in [0, 0.05) is 26.1 Å². The fourth-order valence-corrected chi connectivity index (χ4v) is 3.29. The number of carbonyl (C=O) groups excluding carboxylic acids is 2. The second-order valence-corrected chi connectivity index (χ2v) is 6.75. The van der Waals surface area contributed by atoms with Gasteiger partial charge in [0.1, 0.15) is 0 Å². The highest BCUT2D eigenvalue weighted by Crippen LogP contribution is 2.33. The summed E-state index contributed by atoms with van der Waals surface area (Å²) in [5, 5.41) is 0. The molecule has 0 atom stereocenters. The molecule has 1 saturated heterocycles. The van der Waals surface area contributed by atoms with Crippen molar-refractivity contribution in [1.29, 1.82) is 0 Å². The molecule has 4 heteroatoms. The van der Waals surface area contributed by atoms with Gasteiger partial charge in [0.2, 0.25) is 5.91 Å². The van der Waals surface area contributed by atoms with Crippen LogP contribution < -0.4 is 4.90 Å². The second kappa shape index (κ2) is 7.16. The molecular weight excluding hydrogens is 288 g/mol. The molecule has 23 heavy (non-hydrogen) atoms. The van der Waals surface area contributed by atoms with Crippen LogP contribution >= 0.6 is 0 Å². The molecule has 2 fully saturated rings. The van der Waals surface area contributed by atoms with Crippen LogP contribution in [0.1, 0.15) is 55.3 Å². The van der Waals surface area contributed by atoms with E-state index in [1.807, 2.05) is 29.2 Å². The molecule has 1 aliphatic carbocycles. The van der Waals surface area contributed by atoms with Crippen LogP contribution in [0.4, 0.5) is 5.69 Å². The van der Waals surface area contributed by atoms with Gasteiger partial charge < -0.3 is 9.80 Å². The van der Waals surface area contributed by atoms with E-state index in [-0.39, 0.29) is 17.7 Å². The van der Waals surface area contributed by atoms with Crippen LogP contribution in [0.15, 0.2) is 24.3 Å². The topological polar surface area (TPSA) is 40.6 Å². The summed E-state index contributed by atoms with van der Waals surface area (Å²) >= 11 is 0. The summed E-state index contributed by atoms with van der Waals surface area (Å²) in [4.78, 5) is 29.0. The molecule has 2 aliphatic rings. The van der Waals surface area contributed by atoms with Gasteiger partial charge in [-0.15, -0.1) is 0 Å². The van der Waals surface area contributed by atoms with E-state index in [9.17, 15) is 9.59 Å². The number of carbonyl (C=O) groups is 2. The lowest BCUT2D eigenvalue weighted by Gasteiger charge is -2.27. The van der Waals surface area contributed by atoms with Gasteiger partial charge >= 0.3 is 0 Å². The van der Waals surface area contributed by atoms with Crippen LogP contribution in [0.25, 0.3) is 0 Å². The minimum atomic E-state index is 0.0675. The second-order valence-electron chi connectivity index (χ2n) is 6.75. The molecule has 0 unspecified atom stereocenters. The normalized spacial score (nSPS) is 18.9. The Hall–Kier alpha value is -1.84. The first-order chi connectivity index (χ1) is 11.2. The van der Waals surface area contributed by atoms with Crippen molar-refractivity contribution in [3.63, 3.8) is 0 Å². The zero-order valence-electron chi connectivity index (χ0n) is 14.0. The fourth-order valence-electron chi connectivity index (χ4n) is 3.29. The van der Waals surface area contributed by atoms with E-state index in [1.165, 1.54) is 19.3 Å². The minimum absolute atomic E-state index is 0.0675. The highest BCUT2D eigenvalue weighted by Gasteiger charge is 2.33. The Kier molecular flexibility index (Phi) is 4.99. The van der Waals surface area contributed by atoms with Gasteiger partial charge in [-0.25, -0.2) is 0 Å². The highest BCUT2D eigenvalue weighted by atomic mass is 16.2. The van der Waals surface area contributed by atoms with Gasteiger partial charge in [0.15, 0.2) is 0 Å². The lowest BCUT2D eigenvalue weighted by Crippen LogP contribution is -2.36. The highest BCUT2D eigenvalue weighted by molar-refractivity contribution is 6.05. The van der Waals surface area contributed by atoms with E-state index in [2.05, 4.69) is 0 Å². The summed E-state index contributed by atoms with van der Waals surface area (Å²) in [6.07, 6.45) is 7.78. The zero-order chi connectivity index (χ0) is 16.2. The lowest BCUT2D eigenvalue weighted by molar-refractivity contribution is -0.119. The van der Waals surface area contributed by atoms with Crippen LogP contribution in [-0.2, 0) is 4.79 Å². The standard InChI is InChI=1S/C19H26N2O2/c1-20(18(22)15-11-12-15)17-10-6-5-9-16(17)19(23)21-13-7-3-2-4-8-14-21/h5-6,9-10,15H,2-4,7-8,11-14H2,1H3. The summed E-state index contributed by atoms with van der Waals surface area (Å²) in [5.74, 6) is 0.362. The van der Waals surface area contributed by atoms with Crippen LogP contribution in [0.5, 0.6) is 0 Å². The quantitative estimate of drug-likeness (QED) is 0.857. The molecule has 0 N–H and O–H groups in total. The lowest BCUT2D eigenvalue weighted by atomic mass is 10.1. The number of hydrogen-bond acceptors (Lipinski definition) is 2. The number of anilines is 1. The molecule has 0 bridgehead atoms. The molecule has 1 aromatic carbocycles. The first-order valence-corrected chi connectivity index (χ1v) is 8.84. The Morgan fingerprint density at radius 1 is 1.00 bits per heavy atom. The first-order valence-electron chi connectivity index (χ1n) is 8.84. The van der Waals surface area contributed by atoms with Gasteiger partial charge in [-0.3, -0.25) is 9.59 Å². The van der Waals surface area contributed by atoms with E-state index >= 15 is 0 Å². The maximum atomic E-state index is 13.0. The van der Waals surface area contributed by atoms with Crippen molar-refractivity contribution in [2.24, 2.45) is 5.92 Å². The Morgan fingerprint density at radius 2 is 1.61 bits per heavy atom. The molecule has 1 heterocycles. The smallest absolute Gasteiger partial charge is 0.255 e. The maximum absolute atomic E-state index is 13.0. The molecule has 1 aromatic rings. The van der Waals surface area contributed by atoms with Crippen LogP contribution in [0.3, 0.4) is 0 Å². The third-order valence-corrected chi connectivity index (χ3v) is 4.90. The minimum Gasteiger partial charge on any atom is -0.339 e. The van der Waals surface area contributed by atoms with Crippen molar-refractivity contribution in [2.45, 2.75) is 44.9 Å². The molecule has 0 spiro atoms. The largest absolute Gasteiger partial charge is 0.339 e. The van der Waals surface area contributed by atoms with Gasteiger partial charge in [-0.2, -0.15) is 0 Å². The van der Waals surface area contributed by atoms with E-state index in [1.54, 1.807) is 11.9 Å². The number of para-hydroxylation sites is 1. The molecular formula is C19H26N2O2. The average Bonchev–Trinajstić information content (AvgIpc) is 3.37. The van der Waals surface area contributed by atoms with Gasteiger partial charge in [-0.05, 0) is 37.8 Å². The molecule has 1 saturated carbocycles.